The van der Waals surface area contributed by atoms with Gasteiger partial charge < -0.3 is 18.8 Å². The summed E-state index contributed by atoms with van der Waals surface area (Å²) in [6.45, 7) is 12.5. The van der Waals surface area contributed by atoms with E-state index in [1.165, 1.54) is 4.90 Å². The van der Waals surface area contributed by atoms with Crippen molar-refractivity contribution in [2.24, 2.45) is 0 Å². The zero-order valence-electron chi connectivity index (χ0n) is 15.7. The fraction of sp³-hybridized carbons (Fsp3) is 0.812. The Labute approximate surface area is 145 Å². The number of carbonyl (C=O) groups excluding carboxylic acids is 3. The van der Waals surface area contributed by atoms with Gasteiger partial charge in [-0.15, -0.1) is 0 Å². The van der Waals surface area contributed by atoms with Gasteiger partial charge in [0.05, 0.1) is 25.7 Å². The van der Waals surface area contributed by atoms with Crippen molar-refractivity contribution in [3.63, 3.8) is 0 Å². The minimum Gasteiger partial charge on any atom is -0.466 e. The Hall–Kier alpha value is -1.41. The quantitative estimate of drug-likeness (QED) is 0.318. The minimum atomic E-state index is -1.75. The van der Waals surface area contributed by atoms with Gasteiger partial charge in [0.25, 0.3) is 0 Å². The first-order valence-corrected chi connectivity index (χ1v) is 11.8. The van der Waals surface area contributed by atoms with Crippen LogP contribution < -0.4 is 0 Å². The third kappa shape index (κ3) is 11.2. The average Bonchev–Trinajstić information content (AvgIpc) is 2.41. The van der Waals surface area contributed by atoms with E-state index in [1.54, 1.807) is 13.8 Å². The highest BCUT2D eigenvalue weighted by Crippen LogP contribution is 2.10. The fourth-order valence-electron chi connectivity index (χ4n) is 2.18. The second kappa shape index (κ2) is 11.2. The summed E-state index contributed by atoms with van der Waals surface area (Å²) in [4.78, 5) is 36.9. The lowest BCUT2D eigenvalue weighted by atomic mass is 10.2. The molecule has 0 aliphatic rings. The van der Waals surface area contributed by atoms with Gasteiger partial charge >= 0.3 is 11.9 Å². The van der Waals surface area contributed by atoms with Gasteiger partial charge in [-0.1, -0.05) is 0 Å². The first-order chi connectivity index (χ1) is 11.1. The van der Waals surface area contributed by atoms with Crippen LogP contribution in [0.3, 0.4) is 0 Å². The maximum Gasteiger partial charge on any atom is 0.315 e. The summed E-state index contributed by atoms with van der Waals surface area (Å²) in [5.41, 5.74) is 0. The fourth-order valence-corrected chi connectivity index (χ4v) is 3.46. The highest BCUT2D eigenvalue weighted by molar-refractivity contribution is 6.69. The highest BCUT2D eigenvalue weighted by Gasteiger charge is 2.24. The van der Waals surface area contributed by atoms with Crippen molar-refractivity contribution in [1.29, 1.82) is 0 Å². The molecule has 1 atom stereocenters. The SMILES string of the molecule is CCOC(=O)CCN(CC(C)O[Si](C)(C)C)C(=O)CC(=O)OCC. The second-order valence-corrected chi connectivity index (χ2v) is 10.9. The second-order valence-electron chi connectivity index (χ2n) is 6.42. The molecule has 140 valence electrons. The molecule has 0 rings (SSSR count). The molecular weight excluding hydrogens is 330 g/mol. The molecule has 1 unspecified atom stereocenters. The van der Waals surface area contributed by atoms with Crippen molar-refractivity contribution >= 4 is 26.2 Å². The zero-order valence-corrected chi connectivity index (χ0v) is 16.7. The van der Waals surface area contributed by atoms with Crippen LogP contribution in [-0.4, -0.2) is 63.5 Å². The van der Waals surface area contributed by atoms with Gasteiger partial charge in [-0.25, -0.2) is 0 Å². The van der Waals surface area contributed by atoms with Crippen LogP contribution in [0.25, 0.3) is 0 Å². The van der Waals surface area contributed by atoms with E-state index in [2.05, 4.69) is 19.6 Å². The standard InChI is InChI=1S/C16H31NO6Si/c1-7-21-15(19)9-10-17(12-13(3)23-24(4,5)6)14(18)11-16(20)22-8-2/h13H,7-12H2,1-6H3. The number of hydrogen-bond acceptors (Lipinski definition) is 6. The Balaban J connectivity index is 4.77. The van der Waals surface area contributed by atoms with E-state index in [1.807, 2.05) is 6.92 Å². The molecule has 0 N–H and O–H groups in total. The van der Waals surface area contributed by atoms with E-state index < -0.39 is 14.3 Å². The molecule has 0 aromatic carbocycles. The Morgan fingerprint density at radius 1 is 1.00 bits per heavy atom. The van der Waals surface area contributed by atoms with Crippen LogP contribution in [0, 0.1) is 0 Å². The minimum absolute atomic E-state index is 0.0854. The maximum absolute atomic E-state index is 12.3. The first-order valence-electron chi connectivity index (χ1n) is 8.35. The summed E-state index contributed by atoms with van der Waals surface area (Å²) in [6, 6.07) is 0. The Bertz CT molecular complexity index is 421. The third-order valence-corrected chi connectivity index (χ3v) is 3.99. The van der Waals surface area contributed by atoms with Crippen LogP contribution in [-0.2, 0) is 28.3 Å². The molecule has 7 nitrogen and oxygen atoms in total. The molecule has 0 fully saturated rings. The van der Waals surface area contributed by atoms with Crippen molar-refractivity contribution in [2.75, 3.05) is 26.3 Å². The van der Waals surface area contributed by atoms with Gasteiger partial charge in [0.2, 0.25) is 5.91 Å². The summed E-state index contributed by atoms with van der Waals surface area (Å²) in [6.07, 6.45) is -0.428. The normalized spacial score (nSPS) is 12.4. The number of amides is 1. The van der Waals surface area contributed by atoms with E-state index in [0.29, 0.717) is 13.2 Å². The van der Waals surface area contributed by atoms with Crippen molar-refractivity contribution in [3.8, 4) is 0 Å². The van der Waals surface area contributed by atoms with Crippen molar-refractivity contribution in [3.05, 3.63) is 0 Å². The van der Waals surface area contributed by atoms with Crippen LogP contribution in [0.5, 0.6) is 0 Å². The highest BCUT2D eigenvalue weighted by atomic mass is 28.4. The molecule has 0 saturated heterocycles. The molecule has 8 heteroatoms. The van der Waals surface area contributed by atoms with Gasteiger partial charge in [-0.2, -0.15) is 0 Å². The molecule has 24 heavy (non-hydrogen) atoms. The molecule has 0 aliphatic carbocycles. The number of nitrogens with zero attached hydrogens (tertiary/aromatic N) is 1. The number of carbonyl (C=O) groups is 3. The average molecular weight is 362 g/mol. The van der Waals surface area contributed by atoms with Crippen LogP contribution in [0.1, 0.15) is 33.6 Å². The van der Waals surface area contributed by atoms with Gasteiger partial charge in [0.1, 0.15) is 6.42 Å². The molecule has 0 heterocycles. The molecule has 1 amide bonds. The van der Waals surface area contributed by atoms with Crippen LogP contribution in [0.2, 0.25) is 19.6 Å². The van der Waals surface area contributed by atoms with Crippen LogP contribution in [0.4, 0.5) is 0 Å². The summed E-state index contributed by atoms with van der Waals surface area (Å²) in [5.74, 6) is -1.31. The lowest BCUT2D eigenvalue weighted by molar-refractivity contribution is -0.149. The molecule has 0 spiro atoms. The first kappa shape index (κ1) is 22.6. The molecular formula is C16H31NO6Si. The van der Waals surface area contributed by atoms with E-state index in [0.717, 1.165) is 0 Å². The maximum atomic E-state index is 12.3. The number of esters is 2. The van der Waals surface area contributed by atoms with Gasteiger partial charge in [-0.05, 0) is 40.4 Å². The predicted octanol–water partition coefficient (Wildman–Crippen LogP) is 1.96. The van der Waals surface area contributed by atoms with Gasteiger partial charge in [0.15, 0.2) is 8.32 Å². The number of hydrogen-bond donors (Lipinski definition) is 0. The predicted molar refractivity (Wildman–Crippen MR) is 93.0 cm³/mol. The molecule has 0 bridgehead atoms. The molecule has 0 aromatic heterocycles. The van der Waals surface area contributed by atoms with Gasteiger partial charge in [0, 0.05) is 13.1 Å². The number of rotatable bonds is 11. The monoisotopic (exact) mass is 361 g/mol. The number of ether oxygens (including phenoxy) is 2. The lowest BCUT2D eigenvalue weighted by Crippen LogP contribution is -2.43. The van der Waals surface area contributed by atoms with E-state index in [-0.39, 0.29) is 44.0 Å². The Kier molecular flexibility index (Phi) is 10.5. The van der Waals surface area contributed by atoms with E-state index in [9.17, 15) is 14.4 Å². The van der Waals surface area contributed by atoms with Crippen LogP contribution >= 0.6 is 0 Å². The van der Waals surface area contributed by atoms with Crippen molar-refractivity contribution < 1.29 is 28.3 Å². The summed E-state index contributed by atoms with van der Waals surface area (Å²) >= 11 is 0. The summed E-state index contributed by atoms with van der Waals surface area (Å²) in [5, 5.41) is 0. The van der Waals surface area contributed by atoms with Crippen LogP contribution in [0.15, 0.2) is 0 Å². The molecule has 0 aliphatic heterocycles. The lowest BCUT2D eigenvalue weighted by Gasteiger charge is -2.29. The zero-order chi connectivity index (χ0) is 18.8. The molecule has 0 aromatic rings. The Morgan fingerprint density at radius 3 is 2.04 bits per heavy atom. The van der Waals surface area contributed by atoms with E-state index in [4.69, 9.17) is 13.9 Å². The smallest absolute Gasteiger partial charge is 0.315 e. The van der Waals surface area contributed by atoms with Gasteiger partial charge in [-0.3, -0.25) is 14.4 Å². The Morgan fingerprint density at radius 2 is 1.54 bits per heavy atom. The van der Waals surface area contributed by atoms with Crippen molar-refractivity contribution in [2.45, 2.75) is 59.4 Å². The molecule has 0 saturated carbocycles. The van der Waals surface area contributed by atoms with E-state index >= 15 is 0 Å². The summed E-state index contributed by atoms with van der Waals surface area (Å²) < 4.78 is 15.6. The molecule has 0 radical (unpaired) electrons. The third-order valence-electron chi connectivity index (χ3n) is 2.88. The summed E-state index contributed by atoms with van der Waals surface area (Å²) in [7, 11) is -1.75. The topological polar surface area (TPSA) is 82.1 Å². The largest absolute Gasteiger partial charge is 0.466 e. The van der Waals surface area contributed by atoms with Crippen molar-refractivity contribution in [1.82, 2.24) is 4.90 Å².